The number of para-hydroxylation sites is 2. The zero-order valence-electron chi connectivity index (χ0n) is 17.6. The van der Waals surface area contributed by atoms with Gasteiger partial charge in [0.15, 0.2) is 0 Å². The maximum absolute atomic E-state index is 13.1. The number of aromatic nitrogens is 2. The Morgan fingerprint density at radius 3 is 2.15 bits per heavy atom. The van der Waals surface area contributed by atoms with Gasteiger partial charge in [0.05, 0.1) is 15.9 Å². The van der Waals surface area contributed by atoms with Gasteiger partial charge in [-0.05, 0) is 52.7 Å². The third-order valence-electron chi connectivity index (χ3n) is 5.11. The van der Waals surface area contributed by atoms with Gasteiger partial charge < -0.3 is 4.74 Å². The molecule has 0 bridgehead atoms. The van der Waals surface area contributed by atoms with Gasteiger partial charge in [0, 0.05) is 10.0 Å². The van der Waals surface area contributed by atoms with Gasteiger partial charge in [-0.3, -0.25) is 4.72 Å². The molecule has 1 heterocycles. The van der Waals surface area contributed by atoms with Crippen molar-refractivity contribution in [3.63, 3.8) is 0 Å². The van der Waals surface area contributed by atoms with Crippen LogP contribution in [-0.2, 0) is 16.6 Å². The molecule has 170 valence electrons. The van der Waals surface area contributed by atoms with Gasteiger partial charge in [-0.1, -0.05) is 71.7 Å². The molecule has 0 aliphatic carbocycles. The molecule has 0 atom stereocenters. The van der Waals surface area contributed by atoms with Crippen molar-refractivity contribution in [1.82, 2.24) is 9.97 Å². The van der Waals surface area contributed by atoms with Crippen molar-refractivity contribution in [2.24, 2.45) is 0 Å². The first-order chi connectivity index (χ1) is 16.4. The molecule has 0 aliphatic heterocycles. The molecule has 34 heavy (non-hydrogen) atoms. The standard InChI is InChI=1S/C25H17Cl2N3O3S/c26-19-12-20(27)14-21(13-19)34(31,32)30-24-25(29-23-8-4-3-7-22(23)28-24)33-15-16-9-10-17-5-1-2-6-18(17)11-16/h1-14H,15H2,(H,28,30). The Labute approximate surface area is 206 Å². The first-order valence-corrected chi connectivity index (χ1v) is 12.5. The SMILES string of the molecule is O=S(=O)(Nc1nc2ccccc2nc1OCc1ccc2ccccc2c1)c1cc(Cl)cc(Cl)c1. The summed E-state index contributed by atoms with van der Waals surface area (Å²) in [6.07, 6.45) is 0. The van der Waals surface area contributed by atoms with Gasteiger partial charge in [0.1, 0.15) is 6.61 Å². The van der Waals surface area contributed by atoms with Gasteiger partial charge in [-0.15, -0.1) is 0 Å². The summed E-state index contributed by atoms with van der Waals surface area (Å²) < 4.78 is 34.6. The molecule has 6 nitrogen and oxygen atoms in total. The molecule has 5 rings (SSSR count). The normalized spacial score (nSPS) is 11.6. The molecule has 0 saturated carbocycles. The molecule has 0 amide bonds. The maximum Gasteiger partial charge on any atom is 0.263 e. The fourth-order valence-electron chi connectivity index (χ4n) is 3.50. The Morgan fingerprint density at radius 2 is 1.41 bits per heavy atom. The quantitative estimate of drug-likeness (QED) is 0.283. The molecular formula is C25H17Cl2N3O3S. The van der Waals surface area contributed by atoms with Gasteiger partial charge in [-0.25, -0.2) is 18.4 Å². The van der Waals surface area contributed by atoms with Gasteiger partial charge in [0.25, 0.3) is 15.9 Å². The maximum atomic E-state index is 13.1. The zero-order valence-corrected chi connectivity index (χ0v) is 19.9. The highest BCUT2D eigenvalue weighted by atomic mass is 35.5. The second-order valence-electron chi connectivity index (χ2n) is 7.55. The lowest BCUT2D eigenvalue weighted by Crippen LogP contribution is -2.16. The highest BCUT2D eigenvalue weighted by Gasteiger charge is 2.21. The van der Waals surface area contributed by atoms with Crippen LogP contribution >= 0.6 is 23.2 Å². The Bertz CT molecular complexity index is 1620. The van der Waals surface area contributed by atoms with E-state index in [0.29, 0.717) is 11.0 Å². The molecule has 0 unspecified atom stereocenters. The lowest BCUT2D eigenvalue weighted by Gasteiger charge is -2.14. The van der Waals surface area contributed by atoms with E-state index in [9.17, 15) is 8.42 Å². The molecule has 0 spiro atoms. The second-order valence-corrected chi connectivity index (χ2v) is 10.1. The number of nitrogens with zero attached hydrogens (tertiary/aromatic N) is 2. The third-order valence-corrected chi connectivity index (χ3v) is 6.86. The summed E-state index contributed by atoms with van der Waals surface area (Å²) in [6.45, 7) is 0.176. The van der Waals surface area contributed by atoms with Crippen LogP contribution < -0.4 is 9.46 Å². The van der Waals surface area contributed by atoms with Crippen molar-refractivity contribution in [3.05, 3.63) is 101 Å². The monoisotopic (exact) mass is 509 g/mol. The van der Waals surface area contributed by atoms with Crippen molar-refractivity contribution in [2.75, 3.05) is 4.72 Å². The predicted molar refractivity (Wildman–Crippen MR) is 135 cm³/mol. The number of sulfonamides is 1. The first-order valence-electron chi connectivity index (χ1n) is 10.2. The summed E-state index contributed by atoms with van der Waals surface area (Å²) in [5, 5.41) is 2.59. The van der Waals surface area contributed by atoms with Crippen molar-refractivity contribution < 1.29 is 13.2 Å². The number of nitrogens with one attached hydrogen (secondary N) is 1. The van der Waals surface area contributed by atoms with Crippen molar-refractivity contribution in [2.45, 2.75) is 11.5 Å². The summed E-state index contributed by atoms with van der Waals surface area (Å²) in [4.78, 5) is 8.85. The minimum absolute atomic E-state index is 0.0319. The van der Waals surface area contributed by atoms with E-state index in [2.05, 4.69) is 14.7 Å². The Hall–Kier alpha value is -3.39. The molecule has 9 heteroatoms. The number of halogens is 2. The minimum Gasteiger partial charge on any atom is -0.470 e. The fraction of sp³-hybridized carbons (Fsp3) is 0.0400. The van der Waals surface area contributed by atoms with Crippen LogP contribution in [0.1, 0.15) is 5.56 Å². The molecule has 4 aromatic carbocycles. The van der Waals surface area contributed by atoms with E-state index in [1.165, 1.54) is 18.2 Å². The number of anilines is 1. The van der Waals surface area contributed by atoms with E-state index < -0.39 is 10.0 Å². The van der Waals surface area contributed by atoms with Gasteiger partial charge in [0.2, 0.25) is 5.82 Å². The largest absolute Gasteiger partial charge is 0.470 e. The molecule has 0 saturated heterocycles. The molecule has 0 aliphatic rings. The van der Waals surface area contributed by atoms with Crippen LogP contribution in [0, 0.1) is 0 Å². The van der Waals surface area contributed by atoms with E-state index in [1.807, 2.05) is 48.5 Å². The molecular weight excluding hydrogens is 493 g/mol. The summed E-state index contributed by atoms with van der Waals surface area (Å²) in [6, 6.07) is 25.2. The minimum atomic E-state index is -4.06. The lowest BCUT2D eigenvalue weighted by molar-refractivity contribution is 0.296. The first kappa shape index (κ1) is 22.4. The van der Waals surface area contributed by atoms with E-state index in [4.69, 9.17) is 27.9 Å². The highest BCUT2D eigenvalue weighted by molar-refractivity contribution is 7.92. The number of fused-ring (bicyclic) bond motifs is 2. The van der Waals surface area contributed by atoms with E-state index >= 15 is 0 Å². The number of hydrogen-bond donors (Lipinski definition) is 1. The summed E-state index contributed by atoms with van der Waals surface area (Å²) in [5.74, 6) is 0.0270. The van der Waals surface area contributed by atoms with E-state index in [1.54, 1.807) is 18.2 Å². The Balaban J connectivity index is 1.50. The molecule has 1 N–H and O–H groups in total. The second kappa shape index (κ2) is 9.10. The molecule has 5 aromatic rings. The van der Waals surface area contributed by atoms with Crippen LogP contribution in [0.3, 0.4) is 0 Å². The summed E-state index contributed by atoms with van der Waals surface area (Å²) in [5.41, 5.74) is 2.00. The van der Waals surface area contributed by atoms with Gasteiger partial charge in [-0.2, -0.15) is 0 Å². The van der Waals surface area contributed by atoms with Crippen LogP contribution in [0.4, 0.5) is 5.82 Å². The average Bonchev–Trinajstić information content (AvgIpc) is 2.82. The van der Waals surface area contributed by atoms with Crippen molar-refractivity contribution in [3.8, 4) is 5.88 Å². The molecule has 1 aromatic heterocycles. The van der Waals surface area contributed by atoms with E-state index in [0.717, 1.165) is 16.3 Å². The topological polar surface area (TPSA) is 81.2 Å². The predicted octanol–water partition coefficient (Wildman–Crippen LogP) is 6.47. The van der Waals surface area contributed by atoms with Crippen LogP contribution in [0.2, 0.25) is 10.0 Å². The highest BCUT2D eigenvalue weighted by Crippen LogP contribution is 2.29. The molecule has 0 fully saturated rings. The Kier molecular flexibility index (Phi) is 6.00. The number of hydrogen-bond acceptors (Lipinski definition) is 5. The van der Waals surface area contributed by atoms with Gasteiger partial charge >= 0.3 is 0 Å². The van der Waals surface area contributed by atoms with Crippen molar-refractivity contribution in [1.29, 1.82) is 0 Å². The van der Waals surface area contributed by atoms with Crippen LogP contribution in [0.15, 0.2) is 89.8 Å². The van der Waals surface area contributed by atoms with Crippen LogP contribution in [0.5, 0.6) is 5.88 Å². The third kappa shape index (κ3) is 4.77. The van der Waals surface area contributed by atoms with Crippen LogP contribution in [0.25, 0.3) is 21.8 Å². The number of rotatable bonds is 6. The Morgan fingerprint density at radius 1 is 0.765 bits per heavy atom. The smallest absolute Gasteiger partial charge is 0.263 e. The summed E-state index contributed by atoms with van der Waals surface area (Å²) >= 11 is 12.0. The fourth-order valence-corrected chi connectivity index (χ4v) is 5.23. The van der Waals surface area contributed by atoms with E-state index in [-0.39, 0.29) is 33.2 Å². The number of benzene rings is 4. The molecule has 0 radical (unpaired) electrons. The average molecular weight is 510 g/mol. The zero-order chi connectivity index (χ0) is 23.7. The number of ether oxygens (including phenoxy) is 1. The lowest BCUT2D eigenvalue weighted by atomic mass is 10.1. The summed E-state index contributed by atoms with van der Waals surface area (Å²) in [7, 11) is -4.06. The van der Waals surface area contributed by atoms with Crippen molar-refractivity contribution >= 4 is 60.8 Å². The van der Waals surface area contributed by atoms with Crippen LogP contribution in [-0.4, -0.2) is 18.4 Å².